The van der Waals surface area contributed by atoms with Crippen molar-refractivity contribution in [3.8, 4) is 153 Å². The van der Waals surface area contributed by atoms with Crippen molar-refractivity contribution in [3.05, 3.63) is 412 Å². The number of para-hydroxylation sites is 2. The quantitative estimate of drug-likeness (QED) is 0.0988. The maximum Gasteiger partial charge on any atom is 0.164 e. The Labute approximate surface area is 870 Å². The fraction of sp³-hybridized carbons (Fsp3) is 0.268. The summed E-state index contributed by atoms with van der Waals surface area (Å²) in [5.74, 6) is 6.53. The third kappa shape index (κ3) is 15.3. The lowest BCUT2D eigenvalue weighted by Gasteiger charge is -2.48. The molecule has 10 heteroatoms. The zero-order valence-corrected chi connectivity index (χ0v) is 86.9. The van der Waals surface area contributed by atoms with Gasteiger partial charge in [0.25, 0.3) is 0 Å². The van der Waals surface area contributed by atoms with Crippen LogP contribution in [0.3, 0.4) is 0 Å². The monoisotopic (exact) mass is 1920 g/mol. The number of benzene rings is 15. The van der Waals surface area contributed by atoms with Crippen molar-refractivity contribution in [3.63, 3.8) is 0 Å². The topological polar surface area (TPSA) is 121 Å². The zero-order valence-electron chi connectivity index (χ0n) is 86.9. The van der Waals surface area contributed by atoms with E-state index in [9.17, 15) is 0 Å². The Bertz CT molecular complexity index is 8700. The van der Waals surface area contributed by atoms with Crippen LogP contribution in [-0.2, 0) is 49.7 Å². The van der Waals surface area contributed by atoms with Gasteiger partial charge in [0.15, 0.2) is 52.4 Å². The third-order valence-electron chi connectivity index (χ3n) is 36.4. The van der Waals surface area contributed by atoms with Crippen molar-refractivity contribution in [2.75, 3.05) is 0 Å². The van der Waals surface area contributed by atoms with Gasteiger partial charge in [-0.3, -0.25) is 0 Å². The summed E-state index contributed by atoms with van der Waals surface area (Å²) < 4.78 is 2.36. The Hall–Kier alpha value is -15.1. The molecule has 10 nitrogen and oxygen atoms in total. The van der Waals surface area contributed by atoms with Crippen LogP contribution in [-0.4, -0.2) is 49.4 Å². The van der Waals surface area contributed by atoms with Gasteiger partial charge in [0.05, 0.1) is 11.0 Å². The molecule has 8 aliphatic rings. The van der Waals surface area contributed by atoms with E-state index in [-0.39, 0.29) is 43.3 Å². The summed E-state index contributed by atoms with van der Waals surface area (Å²) in [5.41, 5.74) is 41.1. The molecule has 3 unspecified atom stereocenters. The molecule has 726 valence electrons. The molecule has 0 saturated heterocycles. The Morgan fingerprint density at radius 1 is 0.243 bits per heavy atom. The van der Waals surface area contributed by atoms with Gasteiger partial charge in [0.1, 0.15) is 0 Å². The predicted molar refractivity (Wildman–Crippen MR) is 607 cm³/mol. The van der Waals surface area contributed by atoms with E-state index < -0.39 is 0 Å². The Balaban J connectivity index is 0.508. The summed E-state index contributed by atoms with van der Waals surface area (Å²) in [4.78, 5) is 49.7. The largest absolute Gasteiger partial charge is 0.309 e. The molecular weight excluding hydrogens is 1800 g/mol. The molecule has 0 radical (unpaired) electrons. The molecule has 0 bridgehead atoms. The molecule has 2 fully saturated rings. The first kappa shape index (κ1) is 91.5. The van der Waals surface area contributed by atoms with Crippen molar-refractivity contribution in [1.82, 2.24) is 49.4 Å². The Morgan fingerprint density at radius 2 is 0.622 bits per heavy atom. The molecule has 2 spiro atoms. The minimum absolute atomic E-state index is 0.0129. The van der Waals surface area contributed by atoms with Crippen molar-refractivity contribution < 1.29 is 0 Å². The minimum atomic E-state index is -0.225. The van der Waals surface area contributed by atoms with Crippen LogP contribution in [0.2, 0.25) is 0 Å². The van der Waals surface area contributed by atoms with Gasteiger partial charge in [-0.25, -0.2) is 44.9 Å². The van der Waals surface area contributed by atoms with Crippen molar-refractivity contribution in [2.45, 2.75) is 229 Å². The molecule has 0 aliphatic heterocycles. The number of hydrogen-bond acceptors (Lipinski definition) is 9. The summed E-state index contributed by atoms with van der Waals surface area (Å²) in [6.07, 6.45) is 21.2. The first-order valence-corrected chi connectivity index (χ1v) is 54.3. The van der Waals surface area contributed by atoms with Gasteiger partial charge >= 0.3 is 0 Å². The Kier molecular flexibility index (Phi) is 21.3. The van der Waals surface area contributed by atoms with Gasteiger partial charge in [-0.15, -0.1) is 0 Å². The highest BCUT2D eigenvalue weighted by Gasteiger charge is 2.51. The molecule has 15 aromatic carbocycles. The second kappa shape index (κ2) is 34.5. The van der Waals surface area contributed by atoms with E-state index in [1.54, 1.807) is 0 Å². The number of rotatable bonds is 15. The number of hydrogen-bond donors (Lipinski definition) is 0. The smallest absolute Gasteiger partial charge is 0.164 e. The average molecular weight is 1920 g/mol. The standard InChI is InChI=1S/C138H124N10/c1-131(2)68-70-134(7,8)117-80-98(54-61-112(117)131)128-142-123(89-49-47-86(48-50-89)90-35-26-36-91(74-90)92-53-60-111-108(76-92)106-59-52-96(78-115(106)137(111)65-24-25-66-137)127-143-124(94-38-27-37-93(75-94)103-44-28-34-87-31-18-19-41-102(87)103)144-129(147-127)99-55-62-113-118(81-99)135(9,10)71-69-132(113,3)4)141-126(146-128)97-51-58-105-104-42-20-22-45-110(104)138(116(105)79-97)67-29-30-85(84-138)83-136(11)73-72-133(5,6)114-63-56-100(82-119(114)136)130-140-122(88-32-14-12-15-33-88)139-125(145-130)95-57-64-121-109(77-95)107-43-21-23-46-120(107)148(121)101-39-16-13-17-40-101/h12-23,26-27,31-33,35-64,74-82,85H,24-25,28-30,34,65-73,83-84H2,1-11H3. The van der Waals surface area contributed by atoms with Crippen LogP contribution in [0, 0.1) is 5.92 Å². The molecule has 4 aromatic heterocycles. The summed E-state index contributed by atoms with van der Waals surface area (Å²) in [7, 11) is 0. The first-order valence-electron chi connectivity index (χ1n) is 54.3. The second-order valence-corrected chi connectivity index (χ2v) is 47.9. The van der Waals surface area contributed by atoms with E-state index in [2.05, 4.69) is 420 Å². The number of nitrogens with zero attached hydrogens (tertiary/aromatic N) is 10. The summed E-state index contributed by atoms with van der Waals surface area (Å²) >= 11 is 0. The van der Waals surface area contributed by atoms with Crippen molar-refractivity contribution in [2.24, 2.45) is 5.92 Å². The van der Waals surface area contributed by atoms with Crippen molar-refractivity contribution in [1.29, 1.82) is 0 Å². The molecule has 4 heterocycles. The van der Waals surface area contributed by atoms with E-state index in [0.29, 0.717) is 58.3 Å². The lowest BCUT2D eigenvalue weighted by molar-refractivity contribution is 0.189. The first-order chi connectivity index (χ1) is 71.7. The van der Waals surface area contributed by atoms with E-state index in [1.807, 2.05) is 0 Å². The average Bonchev–Trinajstić information content (AvgIpc) is 1.54. The Morgan fingerprint density at radius 3 is 1.23 bits per heavy atom. The fourth-order valence-corrected chi connectivity index (χ4v) is 28.0. The molecule has 0 N–H and O–H groups in total. The molecule has 0 amide bonds. The van der Waals surface area contributed by atoms with Crippen LogP contribution >= 0.6 is 0 Å². The molecule has 8 aliphatic carbocycles. The maximum atomic E-state index is 5.67. The summed E-state index contributed by atoms with van der Waals surface area (Å²) in [6, 6.07) is 125. The van der Waals surface area contributed by atoms with E-state index in [4.69, 9.17) is 44.9 Å². The minimum Gasteiger partial charge on any atom is -0.309 e. The lowest BCUT2D eigenvalue weighted by Crippen LogP contribution is -2.40. The van der Waals surface area contributed by atoms with Gasteiger partial charge < -0.3 is 4.57 Å². The van der Waals surface area contributed by atoms with E-state index in [1.165, 1.54) is 136 Å². The highest BCUT2D eigenvalue weighted by Crippen LogP contribution is 2.63. The molecule has 2 saturated carbocycles. The third-order valence-corrected chi connectivity index (χ3v) is 36.4. The summed E-state index contributed by atoms with van der Waals surface area (Å²) in [6.45, 7) is 26.7. The van der Waals surface area contributed by atoms with Gasteiger partial charge in [-0.05, 0) is 329 Å². The molecule has 148 heavy (non-hydrogen) atoms. The SMILES string of the molecule is CC1(C)CCC(C)(C)c2cc(-c3nc(-c4cccc(C5=CCCc6ccccc65)c4)nc(-c4ccc5c(c4)C4(CCCC4)c4ccc(-c6cccc(-c7ccc(-c8nc(-c9ccc%10c(c9)C(C)(C)CCC%10(C)C)nc(-c9ccc%10c(c9)C9(CCCC(CC%11(C)CCC(C)(C)c%12ccc(-c%13nc(-c%14ccccc%14)nc(-c%14ccc%15c(c%14)c%14ccccc%14n%15-c%14ccccc%14)n%13)cc%12%11)C9)c9ccccc9-%10)n8)cc7)c6)cc4-5)n3)ccc21. The van der Waals surface area contributed by atoms with Crippen molar-refractivity contribution >= 4 is 27.4 Å². The van der Waals surface area contributed by atoms with Gasteiger partial charge in [0.2, 0.25) is 0 Å². The summed E-state index contributed by atoms with van der Waals surface area (Å²) in [5, 5.41) is 2.34. The fourth-order valence-electron chi connectivity index (χ4n) is 28.0. The van der Waals surface area contributed by atoms with Gasteiger partial charge in [-0.2, -0.15) is 0 Å². The highest BCUT2D eigenvalue weighted by molar-refractivity contribution is 6.10. The highest BCUT2D eigenvalue weighted by atomic mass is 15.1. The van der Waals surface area contributed by atoms with Crippen LogP contribution in [0.1, 0.15) is 251 Å². The van der Waals surface area contributed by atoms with E-state index in [0.717, 1.165) is 173 Å². The molecular formula is C138H124N10. The molecule has 19 aromatic rings. The number of aromatic nitrogens is 10. The van der Waals surface area contributed by atoms with Gasteiger partial charge in [-0.1, -0.05) is 357 Å². The van der Waals surface area contributed by atoms with Crippen LogP contribution in [0.15, 0.2) is 340 Å². The molecule has 3 atom stereocenters. The maximum absolute atomic E-state index is 5.67. The number of fused-ring (bicyclic) bond motifs is 17. The van der Waals surface area contributed by atoms with Gasteiger partial charge in [0, 0.05) is 77.4 Å². The lowest BCUT2D eigenvalue weighted by atomic mass is 9.56. The predicted octanol–water partition coefficient (Wildman–Crippen LogP) is 34.5. The van der Waals surface area contributed by atoms with Crippen LogP contribution < -0.4 is 0 Å². The normalized spacial score (nSPS) is 19.4. The molecule has 27 rings (SSSR count). The zero-order chi connectivity index (χ0) is 100. The second-order valence-electron chi connectivity index (χ2n) is 47.9. The number of aryl methyl sites for hydroxylation is 1. The van der Waals surface area contributed by atoms with Crippen LogP contribution in [0.25, 0.3) is 180 Å². The van der Waals surface area contributed by atoms with Crippen LogP contribution in [0.5, 0.6) is 0 Å². The van der Waals surface area contributed by atoms with Crippen LogP contribution in [0.4, 0.5) is 0 Å². The number of allylic oxidation sites excluding steroid dienone is 1. The van der Waals surface area contributed by atoms with E-state index >= 15 is 0 Å².